The van der Waals surface area contributed by atoms with Crippen molar-refractivity contribution in [1.29, 1.82) is 0 Å². The van der Waals surface area contributed by atoms with Gasteiger partial charge < -0.3 is 0 Å². The Bertz CT molecular complexity index is 55.1. The van der Waals surface area contributed by atoms with Crippen molar-refractivity contribution in [3.05, 3.63) is 0 Å². The van der Waals surface area contributed by atoms with E-state index in [0.29, 0.717) is 0 Å². The van der Waals surface area contributed by atoms with Gasteiger partial charge in [-0.1, -0.05) is 0 Å². The van der Waals surface area contributed by atoms with E-state index in [0.717, 1.165) is 0 Å². The van der Waals surface area contributed by atoms with Crippen LogP contribution in [0.5, 0.6) is 0 Å². The molecule has 0 unspecified atom stereocenters. The summed E-state index contributed by atoms with van der Waals surface area (Å²) in [6.07, 6.45) is 0. The first-order chi connectivity index (χ1) is 4.00. The SMILES string of the molecule is [O-][Cl+3]([O-])([O-])O.[O-][Cl+3]([O-])([O-])O.[Zn]. The summed E-state index contributed by atoms with van der Waals surface area (Å²) in [7, 11) is -9.39. The van der Waals surface area contributed by atoms with E-state index < -0.39 is 20.5 Å². The van der Waals surface area contributed by atoms with Gasteiger partial charge in [-0.05, 0) is 0 Å². The fourth-order valence-corrected chi connectivity index (χ4v) is 0. The van der Waals surface area contributed by atoms with Crippen LogP contribution in [-0.4, -0.2) is 9.32 Å². The van der Waals surface area contributed by atoms with Gasteiger partial charge in [0.05, 0.1) is 29.8 Å². The minimum absolute atomic E-state index is 0. The molecule has 0 fully saturated rings. The van der Waals surface area contributed by atoms with Crippen molar-refractivity contribution >= 4 is 0 Å². The summed E-state index contributed by atoms with van der Waals surface area (Å²) in [6.45, 7) is 0. The summed E-state index contributed by atoms with van der Waals surface area (Å²) in [4.78, 5) is 0. The summed E-state index contributed by atoms with van der Waals surface area (Å²) in [5.41, 5.74) is 0. The van der Waals surface area contributed by atoms with Crippen molar-refractivity contribution in [2.24, 2.45) is 0 Å². The second-order valence-corrected chi connectivity index (χ2v) is 2.38. The molecular formula is H2Cl2O8Zn. The molecule has 0 aliphatic heterocycles. The quantitative estimate of drug-likeness (QED) is 0.405. The van der Waals surface area contributed by atoms with Gasteiger partial charge in [-0.2, -0.15) is 28.0 Å². The molecule has 8 nitrogen and oxygen atoms in total. The molecule has 0 aliphatic carbocycles. The van der Waals surface area contributed by atoms with Crippen molar-refractivity contribution in [1.82, 2.24) is 0 Å². The van der Waals surface area contributed by atoms with Crippen LogP contribution in [0, 0.1) is 20.5 Å². The van der Waals surface area contributed by atoms with Crippen LogP contribution >= 0.6 is 0 Å². The fraction of sp³-hybridized carbons (Fsp3) is 0. The maximum absolute atomic E-state index is 8.60. The maximum atomic E-state index is 8.60. The van der Waals surface area contributed by atoms with Crippen LogP contribution in [-0.2, 0) is 19.5 Å². The van der Waals surface area contributed by atoms with Gasteiger partial charge in [-0.3, -0.25) is 0 Å². The minimum Gasteiger partial charge on any atom is -0.183 e. The van der Waals surface area contributed by atoms with E-state index in [4.69, 9.17) is 37.3 Å². The molecule has 0 heterocycles. The van der Waals surface area contributed by atoms with Crippen molar-refractivity contribution in [2.45, 2.75) is 0 Å². The zero-order chi connectivity index (χ0) is 9.00. The van der Waals surface area contributed by atoms with E-state index in [1.807, 2.05) is 0 Å². The molecule has 0 aromatic heterocycles. The van der Waals surface area contributed by atoms with Gasteiger partial charge in [0.15, 0.2) is 0 Å². The van der Waals surface area contributed by atoms with E-state index in [1.54, 1.807) is 0 Å². The number of hydrogen-bond donors (Lipinski definition) is 2. The molecule has 0 bridgehead atoms. The molecule has 0 aliphatic rings. The molecule has 0 rings (SSSR count). The summed E-state index contributed by atoms with van der Waals surface area (Å²) in [5, 5.41) is 0. The van der Waals surface area contributed by atoms with E-state index in [9.17, 15) is 0 Å². The van der Waals surface area contributed by atoms with Gasteiger partial charge in [0.25, 0.3) is 0 Å². The Labute approximate surface area is 77.5 Å². The fourth-order valence-electron chi connectivity index (χ4n) is 0. The zero-order valence-corrected chi connectivity index (χ0v) is 9.29. The Kier molecular flexibility index (Phi) is 10.4. The normalized spacial score (nSPS) is 10.9. The smallest absolute Gasteiger partial charge is 0.0777 e. The second-order valence-electron chi connectivity index (χ2n) is 0.792. The Hall–Kier alpha value is 0.883. The number of rotatable bonds is 0. The molecule has 2 N–H and O–H groups in total. The van der Waals surface area contributed by atoms with Crippen molar-refractivity contribution in [3.63, 3.8) is 0 Å². The standard InChI is InChI=1S/2ClHO4.Zn/c2*2-1(3,4)5;/h2*(H,2,3,4,5);. The molecule has 11 heteroatoms. The first kappa shape index (κ1) is 17.8. The Morgan fingerprint density at radius 1 is 0.636 bits per heavy atom. The van der Waals surface area contributed by atoms with Crippen LogP contribution in [0.1, 0.15) is 0 Å². The van der Waals surface area contributed by atoms with Crippen LogP contribution in [0.2, 0.25) is 0 Å². The molecular weight excluding hydrogens is 264 g/mol. The first-order valence-electron chi connectivity index (χ1n) is 1.26. The van der Waals surface area contributed by atoms with Crippen molar-refractivity contribution in [3.8, 4) is 0 Å². The molecule has 0 atom stereocenters. The third-order valence-corrected chi connectivity index (χ3v) is 0. The molecule has 0 saturated heterocycles. The molecule has 0 saturated carbocycles. The number of hydrogen-bond acceptors (Lipinski definition) is 8. The zero-order valence-electron chi connectivity index (χ0n) is 4.81. The topological polar surface area (TPSA) is 179 Å². The van der Waals surface area contributed by atoms with E-state index >= 15 is 0 Å². The average molecular weight is 266 g/mol. The van der Waals surface area contributed by atoms with Gasteiger partial charge in [-0.15, -0.1) is 0 Å². The van der Waals surface area contributed by atoms with E-state index in [2.05, 4.69) is 0 Å². The van der Waals surface area contributed by atoms with Gasteiger partial charge >= 0.3 is 0 Å². The minimum atomic E-state index is -4.69. The Morgan fingerprint density at radius 2 is 0.636 bits per heavy atom. The first-order valence-corrected chi connectivity index (χ1v) is 3.79. The predicted octanol–water partition coefficient (Wildman–Crippen LogP) is -8.25. The van der Waals surface area contributed by atoms with Gasteiger partial charge in [0, 0.05) is 19.5 Å². The molecule has 11 heavy (non-hydrogen) atoms. The summed E-state index contributed by atoms with van der Waals surface area (Å²) >= 11 is 0. The van der Waals surface area contributed by atoms with Crippen molar-refractivity contribution < 1.29 is 77.2 Å². The van der Waals surface area contributed by atoms with Crippen LogP contribution in [0.4, 0.5) is 0 Å². The third-order valence-electron chi connectivity index (χ3n) is 0. The molecule has 0 amide bonds. The van der Waals surface area contributed by atoms with Gasteiger partial charge in [0.1, 0.15) is 0 Å². The molecule has 66 valence electrons. The monoisotopic (exact) mass is 264 g/mol. The van der Waals surface area contributed by atoms with Gasteiger partial charge in [-0.25, -0.2) is 0 Å². The number of halogens is 2. The average Bonchev–Trinajstić information content (AvgIpc) is 1.12. The van der Waals surface area contributed by atoms with Crippen LogP contribution in [0.15, 0.2) is 0 Å². The van der Waals surface area contributed by atoms with Gasteiger partial charge in [0.2, 0.25) is 0 Å². The molecule has 0 aromatic carbocycles. The predicted molar refractivity (Wildman–Crippen MR) is 4.44 cm³/mol. The molecule has 0 radical (unpaired) electrons. The van der Waals surface area contributed by atoms with Crippen LogP contribution in [0.3, 0.4) is 0 Å². The Balaban J connectivity index is -0.000000107. The molecule has 0 spiro atoms. The van der Waals surface area contributed by atoms with E-state index in [-0.39, 0.29) is 19.5 Å². The largest absolute Gasteiger partial charge is 0.183 e. The third kappa shape index (κ3) is 1100. The molecule has 0 aromatic rings. The second kappa shape index (κ2) is 6.40. The maximum Gasteiger partial charge on any atom is 0.0777 e. The van der Waals surface area contributed by atoms with E-state index in [1.165, 1.54) is 0 Å². The summed E-state index contributed by atoms with van der Waals surface area (Å²) in [6, 6.07) is 0. The summed E-state index contributed by atoms with van der Waals surface area (Å²) in [5.74, 6) is 0. The van der Waals surface area contributed by atoms with Crippen molar-refractivity contribution in [2.75, 3.05) is 0 Å². The Morgan fingerprint density at radius 3 is 0.636 bits per heavy atom. The summed E-state index contributed by atoms with van der Waals surface area (Å²) < 4.78 is 65.4. The van der Waals surface area contributed by atoms with Crippen LogP contribution < -0.4 is 28.0 Å². The van der Waals surface area contributed by atoms with Crippen LogP contribution in [0.25, 0.3) is 0 Å².